The van der Waals surface area contributed by atoms with Gasteiger partial charge in [0.25, 0.3) is 11.5 Å². The minimum absolute atomic E-state index is 0.0778. The lowest BCUT2D eigenvalue weighted by Crippen LogP contribution is -2.36. The maximum Gasteiger partial charge on any atom is 0.272 e. The summed E-state index contributed by atoms with van der Waals surface area (Å²) in [6.07, 6.45) is 0. The summed E-state index contributed by atoms with van der Waals surface area (Å²) in [6, 6.07) is 4.95. The maximum absolute atomic E-state index is 12.1. The number of hydrogen-bond acceptors (Lipinski definition) is 4. The highest BCUT2D eigenvalue weighted by molar-refractivity contribution is 5.98. The van der Waals surface area contributed by atoms with E-state index in [4.69, 9.17) is 0 Å². The number of rotatable bonds is 5. The molecule has 0 saturated heterocycles. The first-order valence-electron chi connectivity index (χ1n) is 7.54. The quantitative estimate of drug-likeness (QED) is 0.844. The van der Waals surface area contributed by atoms with Crippen LogP contribution in [0.4, 0.5) is 0 Å². The van der Waals surface area contributed by atoms with E-state index in [1.807, 2.05) is 13.8 Å². The van der Waals surface area contributed by atoms with Crippen molar-refractivity contribution in [1.82, 2.24) is 20.2 Å². The normalized spacial score (nSPS) is 10.6. The van der Waals surface area contributed by atoms with E-state index >= 15 is 0 Å². The third-order valence-corrected chi connectivity index (χ3v) is 3.47. The number of aromatic nitrogens is 2. The molecule has 7 nitrogen and oxygen atoms in total. The molecule has 2 amide bonds. The summed E-state index contributed by atoms with van der Waals surface area (Å²) in [7, 11) is 0. The Labute approximate surface area is 133 Å². The highest BCUT2D eigenvalue weighted by atomic mass is 16.2. The SMILES string of the molecule is CCNC(=O)CNC(=O)c1ccc2c(c1)nc(C)c(=O)n2CC. The van der Waals surface area contributed by atoms with Gasteiger partial charge in [0.2, 0.25) is 5.91 Å². The molecule has 0 radical (unpaired) electrons. The zero-order valence-corrected chi connectivity index (χ0v) is 13.5. The third kappa shape index (κ3) is 3.56. The molecule has 2 rings (SSSR count). The van der Waals surface area contributed by atoms with Gasteiger partial charge in [-0.15, -0.1) is 0 Å². The molecule has 0 saturated carbocycles. The van der Waals surface area contributed by atoms with Crippen molar-refractivity contribution in [1.29, 1.82) is 0 Å². The number of carbonyl (C=O) groups excluding carboxylic acids is 2. The Balaban J connectivity index is 2.30. The predicted molar refractivity (Wildman–Crippen MR) is 87.4 cm³/mol. The standard InChI is InChI=1S/C16H20N4O3/c1-4-17-14(21)9-18-15(22)11-6-7-13-12(8-11)19-10(3)16(23)20(13)5-2/h6-8H,4-5,9H2,1-3H3,(H,17,21)(H,18,22). The van der Waals surface area contributed by atoms with Crippen molar-refractivity contribution in [3.63, 3.8) is 0 Å². The van der Waals surface area contributed by atoms with Gasteiger partial charge in [-0.3, -0.25) is 14.4 Å². The molecular weight excluding hydrogens is 296 g/mol. The molecular formula is C16H20N4O3. The van der Waals surface area contributed by atoms with Gasteiger partial charge in [0.1, 0.15) is 5.69 Å². The van der Waals surface area contributed by atoms with Crippen LogP contribution in [0.1, 0.15) is 29.9 Å². The van der Waals surface area contributed by atoms with Crippen LogP contribution in [0, 0.1) is 6.92 Å². The van der Waals surface area contributed by atoms with Gasteiger partial charge in [0, 0.05) is 18.7 Å². The van der Waals surface area contributed by atoms with Crippen LogP contribution in [0.2, 0.25) is 0 Å². The van der Waals surface area contributed by atoms with Gasteiger partial charge in [0.05, 0.1) is 17.6 Å². The lowest BCUT2D eigenvalue weighted by Gasteiger charge is -2.10. The molecule has 0 aliphatic rings. The Hall–Kier alpha value is -2.70. The minimum Gasteiger partial charge on any atom is -0.355 e. The third-order valence-electron chi connectivity index (χ3n) is 3.47. The second-order valence-electron chi connectivity index (χ2n) is 5.09. The topological polar surface area (TPSA) is 93.1 Å². The lowest BCUT2D eigenvalue weighted by molar-refractivity contribution is -0.120. The number of nitrogens with one attached hydrogen (secondary N) is 2. The molecule has 1 aromatic heterocycles. The maximum atomic E-state index is 12.1. The van der Waals surface area contributed by atoms with E-state index in [0.717, 1.165) is 0 Å². The fourth-order valence-electron chi connectivity index (χ4n) is 2.35. The summed E-state index contributed by atoms with van der Waals surface area (Å²) < 4.78 is 1.62. The molecule has 7 heteroatoms. The summed E-state index contributed by atoms with van der Waals surface area (Å²) in [5.74, 6) is -0.595. The van der Waals surface area contributed by atoms with E-state index in [1.54, 1.807) is 29.7 Å². The molecule has 1 aromatic carbocycles. The summed E-state index contributed by atoms with van der Waals surface area (Å²) in [5.41, 5.74) is 1.92. The van der Waals surface area contributed by atoms with Crippen LogP contribution in [0.3, 0.4) is 0 Å². The molecule has 0 fully saturated rings. The monoisotopic (exact) mass is 316 g/mol. The van der Waals surface area contributed by atoms with Gasteiger partial charge in [-0.25, -0.2) is 4.98 Å². The molecule has 2 aromatic rings. The fourth-order valence-corrected chi connectivity index (χ4v) is 2.35. The predicted octanol–water partition coefficient (Wildman–Crippen LogP) is 0.591. The van der Waals surface area contributed by atoms with Gasteiger partial charge >= 0.3 is 0 Å². The highest BCUT2D eigenvalue weighted by Crippen LogP contribution is 2.13. The first-order chi connectivity index (χ1) is 11.0. The molecule has 0 atom stereocenters. The van der Waals surface area contributed by atoms with Crippen LogP contribution >= 0.6 is 0 Å². The van der Waals surface area contributed by atoms with Gasteiger partial charge < -0.3 is 15.2 Å². The molecule has 23 heavy (non-hydrogen) atoms. The van der Waals surface area contributed by atoms with Crippen molar-refractivity contribution in [2.24, 2.45) is 0 Å². The summed E-state index contributed by atoms with van der Waals surface area (Å²) in [6.45, 7) is 6.31. The van der Waals surface area contributed by atoms with Crippen LogP contribution in [0.25, 0.3) is 11.0 Å². The Morgan fingerprint density at radius 1 is 1.22 bits per heavy atom. The Morgan fingerprint density at radius 3 is 2.61 bits per heavy atom. The van der Waals surface area contributed by atoms with E-state index < -0.39 is 0 Å². The number of hydrogen-bond donors (Lipinski definition) is 2. The second kappa shape index (κ2) is 7.04. The van der Waals surface area contributed by atoms with Crippen LogP contribution in [0.5, 0.6) is 0 Å². The second-order valence-corrected chi connectivity index (χ2v) is 5.09. The van der Waals surface area contributed by atoms with Crippen molar-refractivity contribution >= 4 is 22.8 Å². The van der Waals surface area contributed by atoms with Gasteiger partial charge in [-0.05, 0) is 39.0 Å². The van der Waals surface area contributed by atoms with Crippen molar-refractivity contribution in [3.05, 3.63) is 39.8 Å². The molecule has 0 spiro atoms. The van der Waals surface area contributed by atoms with E-state index in [9.17, 15) is 14.4 Å². The molecule has 0 aliphatic carbocycles. The van der Waals surface area contributed by atoms with Crippen LogP contribution in [-0.2, 0) is 11.3 Å². The first-order valence-corrected chi connectivity index (χ1v) is 7.54. The fraction of sp³-hybridized carbons (Fsp3) is 0.375. The number of likely N-dealkylation sites (N-methyl/N-ethyl adjacent to an activating group) is 1. The van der Waals surface area contributed by atoms with Crippen LogP contribution in [-0.4, -0.2) is 34.5 Å². The Kier molecular flexibility index (Phi) is 5.10. The van der Waals surface area contributed by atoms with Gasteiger partial charge in [0.15, 0.2) is 0 Å². The lowest BCUT2D eigenvalue weighted by atomic mass is 10.1. The minimum atomic E-state index is -0.355. The van der Waals surface area contributed by atoms with Gasteiger partial charge in [-0.1, -0.05) is 0 Å². The molecule has 122 valence electrons. The Morgan fingerprint density at radius 2 is 1.96 bits per heavy atom. The number of nitrogens with zero attached hydrogens (tertiary/aromatic N) is 2. The zero-order valence-electron chi connectivity index (χ0n) is 13.5. The number of fused-ring (bicyclic) bond motifs is 1. The van der Waals surface area contributed by atoms with Crippen LogP contribution in [0.15, 0.2) is 23.0 Å². The number of benzene rings is 1. The number of aryl methyl sites for hydroxylation is 2. The highest BCUT2D eigenvalue weighted by Gasteiger charge is 2.12. The van der Waals surface area contributed by atoms with Crippen molar-refractivity contribution in [3.8, 4) is 0 Å². The van der Waals surface area contributed by atoms with Crippen molar-refractivity contribution in [2.75, 3.05) is 13.1 Å². The summed E-state index contributed by atoms with van der Waals surface area (Å²) in [5, 5.41) is 5.16. The molecule has 1 heterocycles. The van der Waals surface area contributed by atoms with E-state index in [-0.39, 0.29) is 23.9 Å². The van der Waals surface area contributed by atoms with E-state index in [2.05, 4.69) is 15.6 Å². The average Bonchev–Trinajstić information content (AvgIpc) is 2.53. The van der Waals surface area contributed by atoms with Crippen molar-refractivity contribution in [2.45, 2.75) is 27.3 Å². The number of carbonyl (C=O) groups is 2. The Bertz CT molecular complexity index is 811. The summed E-state index contributed by atoms with van der Waals surface area (Å²) >= 11 is 0. The molecule has 0 unspecified atom stereocenters. The van der Waals surface area contributed by atoms with E-state index in [1.165, 1.54) is 0 Å². The van der Waals surface area contributed by atoms with Crippen molar-refractivity contribution < 1.29 is 9.59 Å². The first kappa shape index (κ1) is 16.7. The van der Waals surface area contributed by atoms with Gasteiger partial charge in [-0.2, -0.15) is 0 Å². The largest absolute Gasteiger partial charge is 0.355 e. The molecule has 2 N–H and O–H groups in total. The smallest absolute Gasteiger partial charge is 0.272 e. The molecule has 0 aliphatic heterocycles. The molecule has 0 bridgehead atoms. The zero-order chi connectivity index (χ0) is 17.0. The average molecular weight is 316 g/mol. The van der Waals surface area contributed by atoms with Crippen LogP contribution < -0.4 is 16.2 Å². The summed E-state index contributed by atoms with van der Waals surface area (Å²) in [4.78, 5) is 39.8. The van der Waals surface area contributed by atoms with E-state index in [0.29, 0.717) is 35.4 Å². The number of amides is 2.